The summed E-state index contributed by atoms with van der Waals surface area (Å²) in [7, 11) is 0. The van der Waals surface area contributed by atoms with Crippen molar-refractivity contribution in [3.05, 3.63) is 57.6 Å². The Morgan fingerprint density at radius 3 is 2.48 bits per heavy atom. The lowest BCUT2D eigenvalue weighted by Gasteiger charge is -2.34. The molecule has 1 N–H and O–H groups in total. The third kappa shape index (κ3) is 6.93. The quantitative estimate of drug-likeness (QED) is 0.281. The van der Waals surface area contributed by atoms with Crippen LogP contribution in [0.2, 0.25) is 0 Å². The van der Waals surface area contributed by atoms with E-state index in [4.69, 9.17) is 5.11 Å². The minimum Gasteiger partial charge on any atom is -0.480 e. The van der Waals surface area contributed by atoms with Crippen molar-refractivity contribution in [3.63, 3.8) is 0 Å². The number of halogens is 4. The molecule has 4 heterocycles. The highest BCUT2D eigenvalue weighted by Gasteiger charge is 2.35. The molecule has 1 aromatic carbocycles. The second kappa shape index (κ2) is 12.4. The Balaban J connectivity index is 1.33. The lowest BCUT2D eigenvalue weighted by atomic mass is 10.1. The summed E-state index contributed by atoms with van der Waals surface area (Å²) >= 11 is 1.26. The highest BCUT2D eigenvalue weighted by atomic mass is 32.1. The lowest BCUT2D eigenvalue weighted by molar-refractivity contribution is -0.140. The molecule has 0 bridgehead atoms. The average molecular weight is 607 g/mol. The maximum Gasteiger partial charge on any atom is 0.419 e. The number of likely N-dealkylation sites (tertiary alicyclic amines) is 1. The van der Waals surface area contributed by atoms with Gasteiger partial charge in [0.25, 0.3) is 0 Å². The predicted octanol–water partition coefficient (Wildman–Crippen LogP) is 4.37. The van der Waals surface area contributed by atoms with Crippen molar-refractivity contribution in [1.82, 2.24) is 24.8 Å². The first kappa shape index (κ1) is 30.0. The molecule has 2 fully saturated rings. The molecule has 224 valence electrons. The fourth-order valence-corrected chi connectivity index (χ4v) is 6.41. The number of benzene rings is 1. The fraction of sp³-hybridized carbons (Fsp3) is 0.464. The predicted molar refractivity (Wildman–Crippen MR) is 148 cm³/mol. The third-order valence-corrected chi connectivity index (χ3v) is 8.66. The number of aromatic nitrogens is 3. The minimum absolute atomic E-state index is 0.0190. The number of hydrogen-bond donors (Lipinski definition) is 1. The number of piperazine rings is 1. The van der Waals surface area contributed by atoms with E-state index in [1.807, 2.05) is 9.80 Å². The van der Waals surface area contributed by atoms with E-state index in [9.17, 15) is 27.2 Å². The van der Waals surface area contributed by atoms with Gasteiger partial charge in [-0.2, -0.15) is 13.2 Å². The zero-order valence-electron chi connectivity index (χ0n) is 22.9. The van der Waals surface area contributed by atoms with Gasteiger partial charge in [-0.1, -0.05) is 0 Å². The van der Waals surface area contributed by atoms with Gasteiger partial charge in [-0.05, 0) is 44.5 Å². The van der Waals surface area contributed by atoms with Crippen LogP contribution in [0.15, 0.2) is 30.6 Å². The number of ketones is 1. The van der Waals surface area contributed by atoms with E-state index in [2.05, 4.69) is 26.8 Å². The number of thiazole rings is 1. The molecule has 1 atom stereocenters. The summed E-state index contributed by atoms with van der Waals surface area (Å²) in [6, 6.07) is 3.16. The first-order chi connectivity index (χ1) is 20.0. The zero-order chi connectivity index (χ0) is 30.0. The molecule has 3 aromatic rings. The number of alkyl halides is 3. The zero-order valence-corrected chi connectivity index (χ0v) is 23.7. The second-order valence-electron chi connectivity index (χ2n) is 10.6. The van der Waals surface area contributed by atoms with Crippen LogP contribution in [-0.4, -0.2) is 86.9 Å². The van der Waals surface area contributed by atoms with E-state index in [-0.39, 0.29) is 30.0 Å². The molecule has 42 heavy (non-hydrogen) atoms. The molecular formula is C28H30F4N6O3S. The Hall–Kier alpha value is -3.49. The Bertz CT molecular complexity index is 1440. The normalized spacial score (nSPS) is 18.5. The summed E-state index contributed by atoms with van der Waals surface area (Å²) in [6.07, 6.45) is -0.0379. The van der Waals surface area contributed by atoms with Gasteiger partial charge in [0.05, 0.1) is 36.6 Å². The molecule has 2 aliphatic rings. The minimum atomic E-state index is -4.85. The molecule has 2 aliphatic heterocycles. The van der Waals surface area contributed by atoms with Crippen LogP contribution in [0.4, 0.5) is 23.4 Å². The Labute approximate surface area is 243 Å². The van der Waals surface area contributed by atoms with Gasteiger partial charge in [0.2, 0.25) is 0 Å². The van der Waals surface area contributed by atoms with Crippen LogP contribution in [0.3, 0.4) is 0 Å². The summed E-state index contributed by atoms with van der Waals surface area (Å²) in [5.74, 6) is -1.98. The number of carbonyl (C=O) groups excluding carboxylic acids is 1. The molecule has 14 heteroatoms. The molecular weight excluding hydrogens is 576 g/mol. The number of aliphatic carboxylic acids is 1. The highest BCUT2D eigenvalue weighted by Crippen LogP contribution is 2.37. The summed E-state index contributed by atoms with van der Waals surface area (Å²) in [5, 5.41) is 9.39. The van der Waals surface area contributed by atoms with Gasteiger partial charge in [-0.15, -0.1) is 11.3 Å². The smallest absolute Gasteiger partial charge is 0.419 e. The number of carboxylic acid groups (broad SMARTS) is 1. The maximum atomic E-state index is 14.0. The van der Waals surface area contributed by atoms with Crippen LogP contribution in [0, 0.1) is 5.82 Å². The number of carbonyl (C=O) groups is 2. The largest absolute Gasteiger partial charge is 0.480 e. The fourth-order valence-electron chi connectivity index (χ4n) is 5.29. The van der Waals surface area contributed by atoms with Gasteiger partial charge >= 0.3 is 12.1 Å². The molecule has 0 radical (unpaired) electrons. The first-order valence-corrected chi connectivity index (χ1v) is 14.4. The topological polar surface area (TPSA) is 103 Å². The summed E-state index contributed by atoms with van der Waals surface area (Å²) in [5.41, 5.74) is -0.760. The van der Waals surface area contributed by atoms with Crippen LogP contribution >= 0.6 is 11.3 Å². The van der Waals surface area contributed by atoms with Crippen molar-refractivity contribution < 1.29 is 32.3 Å². The number of carboxylic acids is 1. The van der Waals surface area contributed by atoms with Gasteiger partial charge in [-0.25, -0.2) is 19.3 Å². The van der Waals surface area contributed by atoms with Gasteiger partial charge in [-0.3, -0.25) is 19.4 Å². The van der Waals surface area contributed by atoms with E-state index in [0.717, 1.165) is 36.4 Å². The van der Waals surface area contributed by atoms with Crippen molar-refractivity contribution in [1.29, 1.82) is 0 Å². The molecule has 0 spiro atoms. The Morgan fingerprint density at radius 2 is 1.86 bits per heavy atom. The standard InChI is InChI=1S/C28H30F4N6O3S/c1-17-3-2-6-38(17)15-23-27(18-4-5-20(29)19(11-18)28(30,31)32)35-25(42-23)12-22(39)21-13-34-24(14-33-21)37-9-7-36(8-10-37)16-26(40)41/h4-5,11,13-14,17H,2-3,6-10,12,15-16H2,1H3,(H,40,41)/t17-/m1/s1. The lowest BCUT2D eigenvalue weighted by Crippen LogP contribution is -2.48. The van der Waals surface area contributed by atoms with E-state index in [1.54, 1.807) is 0 Å². The molecule has 0 saturated carbocycles. The Kier molecular flexibility index (Phi) is 8.85. The molecule has 2 aromatic heterocycles. The number of anilines is 1. The monoisotopic (exact) mass is 606 g/mol. The van der Waals surface area contributed by atoms with Crippen molar-refractivity contribution in [3.8, 4) is 11.3 Å². The van der Waals surface area contributed by atoms with Crippen molar-refractivity contribution in [2.75, 3.05) is 44.2 Å². The van der Waals surface area contributed by atoms with Gasteiger partial charge in [0, 0.05) is 49.2 Å². The molecule has 0 aliphatic carbocycles. The molecule has 2 saturated heterocycles. The van der Waals surface area contributed by atoms with E-state index < -0.39 is 23.5 Å². The van der Waals surface area contributed by atoms with Crippen molar-refractivity contribution in [2.45, 2.75) is 44.9 Å². The van der Waals surface area contributed by atoms with Crippen LogP contribution in [0.25, 0.3) is 11.3 Å². The molecule has 0 unspecified atom stereocenters. The Morgan fingerprint density at radius 1 is 1.10 bits per heavy atom. The second-order valence-corrected chi connectivity index (χ2v) is 11.7. The van der Waals surface area contributed by atoms with Gasteiger partial charge < -0.3 is 10.0 Å². The maximum absolute atomic E-state index is 14.0. The highest BCUT2D eigenvalue weighted by molar-refractivity contribution is 7.12. The van der Waals surface area contributed by atoms with Gasteiger partial charge in [0.1, 0.15) is 22.3 Å². The van der Waals surface area contributed by atoms with E-state index in [0.29, 0.717) is 55.3 Å². The SMILES string of the molecule is C[C@@H]1CCCN1Cc1sc(CC(=O)c2cnc(N3CCN(CC(=O)O)CC3)cn2)nc1-c1ccc(F)c(C(F)(F)F)c1. The number of rotatable bonds is 9. The molecule has 5 rings (SSSR count). The number of nitrogens with zero attached hydrogens (tertiary/aromatic N) is 6. The summed E-state index contributed by atoms with van der Waals surface area (Å²) in [4.78, 5) is 44.0. The van der Waals surface area contributed by atoms with Crippen molar-refractivity contribution >= 4 is 28.9 Å². The van der Waals surface area contributed by atoms with E-state index >= 15 is 0 Å². The third-order valence-electron chi connectivity index (χ3n) is 7.61. The van der Waals surface area contributed by atoms with Crippen LogP contribution in [0.1, 0.15) is 45.7 Å². The first-order valence-electron chi connectivity index (χ1n) is 13.6. The van der Waals surface area contributed by atoms with Crippen LogP contribution < -0.4 is 4.90 Å². The summed E-state index contributed by atoms with van der Waals surface area (Å²) in [6.45, 7) is 5.68. The van der Waals surface area contributed by atoms with E-state index in [1.165, 1.54) is 29.8 Å². The number of Topliss-reactive ketones (excluding diaryl/α,β-unsaturated/α-hetero) is 1. The van der Waals surface area contributed by atoms with Crippen LogP contribution in [-0.2, 0) is 23.9 Å². The van der Waals surface area contributed by atoms with Crippen molar-refractivity contribution in [2.24, 2.45) is 0 Å². The molecule has 9 nitrogen and oxygen atoms in total. The average Bonchev–Trinajstić information content (AvgIpc) is 3.54. The number of hydrogen-bond acceptors (Lipinski definition) is 9. The summed E-state index contributed by atoms with van der Waals surface area (Å²) < 4.78 is 54.4. The van der Waals surface area contributed by atoms with Crippen LogP contribution in [0.5, 0.6) is 0 Å². The van der Waals surface area contributed by atoms with Gasteiger partial charge in [0.15, 0.2) is 5.78 Å². The molecule has 0 amide bonds.